The maximum absolute atomic E-state index is 12.1. The van der Waals surface area contributed by atoms with Crippen LogP contribution in [0.4, 0.5) is 0 Å². The number of hydrogen-bond donors (Lipinski definition) is 0. The number of rotatable bonds is 0. The summed E-state index contributed by atoms with van der Waals surface area (Å²) in [4.78, 5) is 17.4. The van der Waals surface area contributed by atoms with E-state index < -0.39 is 0 Å². The lowest BCUT2D eigenvalue weighted by atomic mass is 10.1. The molecule has 0 bridgehead atoms. The number of ether oxygens (including phenoxy) is 1. The highest BCUT2D eigenvalue weighted by Gasteiger charge is 2.41. The van der Waals surface area contributed by atoms with Gasteiger partial charge in [-0.05, 0) is 25.1 Å². The zero-order chi connectivity index (χ0) is 11.3. The largest absolute Gasteiger partial charge is 0.467 e. The first kappa shape index (κ1) is 9.93. The first-order chi connectivity index (χ1) is 7.65. The summed E-state index contributed by atoms with van der Waals surface area (Å²) in [5.41, 5.74) is 0.456. The Hall–Kier alpha value is -1.26. The van der Waals surface area contributed by atoms with Gasteiger partial charge >= 0.3 is 0 Å². The monoisotopic (exact) mass is 239 g/mol. The fraction of sp³-hybridized carbons (Fsp3) is 0.364. The van der Waals surface area contributed by atoms with Crippen LogP contribution in [0.2, 0.25) is 5.02 Å². The Kier molecular flexibility index (Phi) is 2.09. The van der Waals surface area contributed by atoms with E-state index in [1.54, 1.807) is 18.2 Å². The highest BCUT2D eigenvalue weighted by atomic mass is 35.5. The van der Waals surface area contributed by atoms with E-state index in [1.165, 1.54) is 5.06 Å². The molecule has 2 aliphatic heterocycles. The first-order valence-corrected chi connectivity index (χ1v) is 5.49. The van der Waals surface area contributed by atoms with Gasteiger partial charge in [0.15, 0.2) is 0 Å². The molecule has 5 heteroatoms. The van der Waals surface area contributed by atoms with Crippen LogP contribution in [-0.4, -0.2) is 23.3 Å². The van der Waals surface area contributed by atoms with Crippen LogP contribution >= 0.6 is 11.6 Å². The molecule has 1 aromatic carbocycles. The zero-order valence-corrected chi connectivity index (χ0v) is 9.40. The van der Waals surface area contributed by atoms with Gasteiger partial charge < -0.3 is 4.74 Å². The predicted molar refractivity (Wildman–Crippen MR) is 57.2 cm³/mol. The third-order valence-electron chi connectivity index (χ3n) is 2.72. The number of carbonyl (C=O) groups excluding carboxylic acids is 1. The number of hydroxylamine groups is 2. The Morgan fingerprint density at radius 2 is 2.31 bits per heavy atom. The van der Waals surface area contributed by atoms with Crippen molar-refractivity contribution in [3.8, 4) is 5.75 Å². The molecule has 0 radical (unpaired) electrons. The number of nitrogens with zero attached hydrogens (tertiary/aromatic N) is 1. The average molecular weight is 240 g/mol. The quantitative estimate of drug-likeness (QED) is 0.697. The summed E-state index contributed by atoms with van der Waals surface area (Å²) >= 11 is 5.85. The minimum absolute atomic E-state index is 0.00117. The van der Waals surface area contributed by atoms with E-state index in [-0.39, 0.29) is 18.2 Å². The summed E-state index contributed by atoms with van der Waals surface area (Å²) in [5.74, 6) is 0.395. The van der Waals surface area contributed by atoms with Crippen LogP contribution in [0.1, 0.15) is 23.7 Å². The molecule has 2 heterocycles. The summed E-state index contributed by atoms with van der Waals surface area (Å²) in [6, 6.07) is 5.03. The fourth-order valence-corrected chi connectivity index (χ4v) is 2.17. The number of carbonyl (C=O) groups is 1. The molecule has 1 amide bonds. The van der Waals surface area contributed by atoms with E-state index in [2.05, 4.69) is 0 Å². The van der Waals surface area contributed by atoms with Crippen molar-refractivity contribution < 1.29 is 14.4 Å². The summed E-state index contributed by atoms with van der Waals surface area (Å²) in [6.07, 6.45) is 0.378. The predicted octanol–water partition coefficient (Wildman–Crippen LogP) is 2.22. The maximum Gasteiger partial charge on any atom is 0.284 e. The summed E-state index contributed by atoms with van der Waals surface area (Å²) < 4.78 is 5.67. The molecule has 3 rings (SSSR count). The van der Waals surface area contributed by atoms with E-state index in [0.29, 0.717) is 22.8 Å². The average Bonchev–Trinajstić information content (AvgIpc) is 2.61. The van der Waals surface area contributed by atoms with Crippen molar-refractivity contribution in [3.63, 3.8) is 0 Å². The van der Waals surface area contributed by atoms with Gasteiger partial charge in [-0.2, -0.15) is 5.06 Å². The van der Waals surface area contributed by atoms with Crippen LogP contribution in [-0.2, 0) is 4.84 Å². The molecule has 0 saturated carbocycles. The van der Waals surface area contributed by atoms with E-state index in [4.69, 9.17) is 21.2 Å². The molecule has 1 saturated heterocycles. The van der Waals surface area contributed by atoms with Crippen LogP contribution in [0.25, 0.3) is 0 Å². The van der Waals surface area contributed by atoms with E-state index in [0.717, 1.165) is 0 Å². The third kappa shape index (κ3) is 1.37. The lowest BCUT2D eigenvalue weighted by Gasteiger charge is -2.29. The van der Waals surface area contributed by atoms with Crippen molar-refractivity contribution in [2.75, 3.05) is 0 Å². The highest BCUT2D eigenvalue weighted by molar-refractivity contribution is 6.31. The number of hydrogen-bond acceptors (Lipinski definition) is 3. The Morgan fingerprint density at radius 3 is 3.12 bits per heavy atom. The molecule has 0 N–H and O–H groups in total. The van der Waals surface area contributed by atoms with Crippen LogP contribution < -0.4 is 4.74 Å². The molecule has 0 aliphatic carbocycles. The van der Waals surface area contributed by atoms with Crippen molar-refractivity contribution >= 4 is 17.5 Å². The van der Waals surface area contributed by atoms with E-state index in [9.17, 15) is 4.79 Å². The minimum atomic E-state index is -0.309. The van der Waals surface area contributed by atoms with Crippen molar-refractivity contribution in [1.82, 2.24) is 5.06 Å². The van der Waals surface area contributed by atoms with Gasteiger partial charge in [-0.1, -0.05) is 11.6 Å². The molecule has 2 aliphatic rings. The summed E-state index contributed by atoms with van der Waals surface area (Å²) in [5, 5.41) is 1.81. The van der Waals surface area contributed by atoms with Crippen molar-refractivity contribution in [2.24, 2.45) is 0 Å². The molecule has 1 fully saturated rings. The normalized spacial score (nSPS) is 27.4. The second-order valence-corrected chi connectivity index (χ2v) is 4.43. The van der Waals surface area contributed by atoms with Crippen molar-refractivity contribution in [1.29, 1.82) is 0 Å². The van der Waals surface area contributed by atoms with Gasteiger partial charge in [-0.15, -0.1) is 0 Å². The summed E-state index contributed by atoms with van der Waals surface area (Å²) in [6.45, 7) is 1.91. The molecule has 0 spiro atoms. The molecule has 2 atom stereocenters. The van der Waals surface area contributed by atoms with Gasteiger partial charge in [0, 0.05) is 11.4 Å². The smallest absolute Gasteiger partial charge is 0.284 e. The Morgan fingerprint density at radius 1 is 1.50 bits per heavy atom. The third-order valence-corrected chi connectivity index (χ3v) is 2.96. The van der Waals surface area contributed by atoms with Crippen LogP contribution in [0.3, 0.4) is 0 Å². The Balaban J connectivity index is 2.04. The Labute approximate surface area is 97.7 Å². The van der Waals surface area contributed by atoms with E-state index >= 15 is 0 Å². The SMILES string of the molecule is C[C@@H]1C[C@@H]2Oc3ccc(Cl)cc3C(=O)N2O1. The zero-order valence-electron chi connectivity index (χ0n) is 8.64. The topological polar surface area (TPSA) is 38.8 Å². The highest BCUT2D eigenvalue weighted by Crippen LogP contribution is 2.35. The van der Waals surface area contributed by atoms with Crippen molar-refractivity contribution in [2.45, 2.75) is 25.7 Å². The van der Waals surface area contributed by atoms with Crippen molar-refractivity contribution in [3.05, 3.63) is 28.8 Å². The molecule has 0 unspecified atom stereocenters. The standard InChI is InChI=1S/C11H10ClNO3/c1-6-4-10-13(16-6)11(14)8-5-7(12)2-3-9(8)15-10/h2-3,5-6,10H,4H2,1H3/t6-,10+/m1/s1. The fourth-order valence-electron chi connectivity index (χ4n) is 2.00. The van der Waals surface area contributed by atoms with Gasteiger partial charge in [0.05, 0.1) is 11.7 Å². The molecule has 16 heavy (non-hydrogen) atoms. The van der Waals surface area contributed by atoms with Crippen LogP contribution in [0.15, 0.2) is 18.2 Å². The van der Waals surface area contributed by atoms with Gasteiger partial charge in [0.1, 0.15) is 5.75 Å². The number of fused-ring (bicyclic) bond motifs is 2. The van der Waals surface area contributed by atoms with Gasteiger partial charge in [0.25, 0.3) is 5.91 Å². The van der Waals surface area contributed by atoms with Gasteiger partial charge in [0.2, 0.25) is 6.23 Å². The molecular formula is C11H10ClNO3. The lowest BCUT2D eigenvalue weighted by molar-refractivity contribution is -0.158. The van der Waals surface area contributed by atoms with Crippen LogP contribution in [0, 0.1) is 0 Å². The maximum atomic E-state index is 12.1. The first-order valence-electron chi connectivity index (χ1n) is 5.11. The van der Waals surface area contributed by atoms with E-state index in [1.807, 2.05) is 6.92 Å². The molecule has 4 nitrogen and oxygen atoms in total. The summed E-state index contributed by atoms with van der Waals surface area (Å²) in [7, 11) is 0. The molecule has 1 aromatic rings. The second kappa shape index (κ2) is 3.37. The number of halogens is 1. The second-order valence-electron chi connectivity index (χ2n) is 4.00. The molecular weight excluding hydrogens is 230 g/mol. The molecule has 0 aromatic heterocycles. The minimum Gasteiger partial charge on any atom is -0.467 e. The number of benzene rings is 1. The van der Waals surface area contributed by atoms with Gasteiger partial charge in [-0.3, -0.25) is 9.63 Å². The number of amides is 1. The Bertz CT molecular complexity index is 463. The van der Waals surface area contributed by atoms with Crippen LogP contribution in [0.5, 0.6) is 5.75 Å². The lowest BCUT2D eigenvalue weighted by Crippen LogP contribution is -2.42. The van der Waals surface area contributed by atoms with Gasteiger partial charge in [-0.25, -0.2) is 0 Å². The molecule has 84 valence electrons.